The number of nitrogens with zero attached hydrogens (tertiary/aromatic N) is 6. The minimum atomic E-state index is 0.564. The molecule has 0 bridgehead atoms. The summed E-state index contributed by atoms with van der Waals surface area (Å²) >= 11 is 0. The molecular weight excluding hydrogens is 1060 g/mol. The van der Waals surface area contributed by atoms with Gasteiger partial charge in [0.1, 0.15) is 0 Å². The van der Waals surface area contributed by atoms with Crippen LogP contribution in [-0.2, 0) is 0 Å². The van der Waals surface area contributed by atoms with Gasteiger partial charge in [-0.1, -0.05) is 243 Å². The van der Waals surface area contributed by atoms with E-state index in [2.05, 4.69) is 329 Å². The summed E-state index contributed by atoms with van der Waals surface area (Å²) in [5.41, 5.74) is 21.5. The van der Waals surface area contributed by atoms with E-state index in [1.807, 2.05) is 0 Å². The maximum atomic E-state index is 5.58. The number of hydrogen-bond donors (Lipinski definition) is 0. The normalized spacial score (nSPS) is 11.7. The summed E-state index contributed by atoms with van der Waals surface area (Å²) in [5, 5.41) is 7.12. The van der Waals surface area contributed by atoms with Crippen LogP contribution in [0.25, 0.3) is 161 Å². The SMILES string of the molecule is c1ccc(-c2ccc3c(c2)c2c(-c4cccc(-c5nc(-c6ccc(-c7ccccc7)c(-n7c8ccccc8c8ccccc87)c6)nc(-c6ccc(-c7ccccc7)c(-n7c8ccccc8c8ccccc87)c6)n5)c4)cccc2n3-c2ccccc2)cc1. The maximum absolute atomic E-state index is 5.58. The first kappa shape index (κ1) is 49.8. The van der Waals surface area contributed by atoms with Crippen molar-refractivity contribution in [2.24, 2.45) is 0 Å². The molecule has 0 fully saturated rings. The first-order valence-corrected chi connectivity index (χ1v) is 29.6. The first-order chi connectivity index (χ1) is 43.2. The minimum Gasteiger partial charge on any atom is -0.309 e. The Morgan fingerprint density at radius 2 is 0.563 bits per heavy atom. The average Bonchev–Trinajstić information content (AvgIpc) is 2.02. The summed E-state index contributed by atoms with van der Waals surface area (Å²) in [6.07, 6.45) is 0. The molecule has 406 valence electrons. The minimum absolute atomic E-state index is 0.564. The number of para-hydroxylation sites is 5. The van der Waals surface area contributed by atoms with Crippen LogP contribution in [0.15, 0.2) is 315 Å². The number of fused-ring (bicyclic) bond motifs is 9. The van der Waals surface area contributed by atoms with Crippen molar-refractivity contribution in [1.82, 2.24) is 28.7 Å². The van der Waals surface area contributed by atoms with E-state index in [1.165, 1.54) is 43.4 Å². The topological polar surface area (TPSA) is 53.5 Å². The fourth-order valence-corrected chi connectivity index (χ4v) is 13.4. The smallest absolute Gasteiger partial charge is 0.164 e. The molecule has 0 aliphatic carbocycles. The Bertz CT molecular complexity index is 5180. The van der Waals surface area contributed by atoms with Crippen LogP contribution in [0.3, 0.4) is 0 Å². The van der Waals surface area contributed by atoms with Crippen molar-refractivity contribution in [3.05, 3.63) is 315 Å². The molecule has 0 amide bonds. The van der Waals surface area contributed by atoms with Crippen molar-refractivity contribution >= 4 is 65.4 Å². The van der Waals surface area contributed by atoms with Crippen molar-refractivity contribution in [2.45, 2.75) is 0 Å². The van der Waals surface area contributed by atoms with E-state index >= 15 is 0 Å². The second-order valence-electron chi connectivity index (χ2n) is 22.3. The van der Waals surface area contributed by atoms with E-state index in [-0.39, 0.29) is 0 Å². The van der Waals surface area contributed by atoms with Gasteiger partial charge in [-0.2, -0.15) is 0 Å². The van der Waals surface area contributed by atoms with Crippen LogP contribution in [0.2, 0.25) is 0 Å². The van der Waals surface area contributed by atoms with Crippen LogP contribution < -0.4 is 0 Å². The van der Waals surface area contributed by atoms with Crippen LogP contribution in [0.5, 0.6) is 0 Å². The molecule has 4 heterocycles. The molecule has 17 aromatic rings. The number of benzene rings is 13. The Kier molecular flexibility index (Phi) is 11.8. The van der Waals surface area contributed by atoms with Crippen LogP contribution in [-0.4, -0.2) is 28.7 Å². The first-order valence-electron chi connectivity index (χ1n) is 29.6. The van der Waals surface area contributed by atoms with Crippen LogP contribution in [0.1, 0.15) is 0 Å². The predicted octanol–water partition coefficient (Wildman–Crippen LogP) is 20.8. The summed E-state index contributed by atoms with van der Waals surface area (Å²) < 4.78 is 7.20. The van der Waals surface area contributed by atoms with Crippen molar-refractivity contribution < 1.29 is 0 Å². The highest BCUT2D eigenvalue weighted by Gasteiger charge is 2.23. The van der Waals surface area contributed by atoms with Gasteiger partial charge in [-0.15, -0.1) is 0 Å². The molecule has 0 unspecified atom stereocenters. The van der Waals surface area contributed by atoms with E-state index in [0.717, 1.165) is 100 Å². The quantitative estimate of drug-likeness (QED) is 0.137. The lowest BCUT2D eigenvalue weighted by molar-refractivity contribution is 1.07. The van der Waals surface area contributed by atoms with Gasteiger partial charge in [0, 0.05) is 65.8 Å². The molecule has 0 saturated carbocycles. The Morgan fingerprint density at radius 3 is 1.06 bits per heavy atom. The molecule has 0 N–H and O–H groups in total. The van der Waals surface area contributed by atoms with Gasteiger partial charge < -0.3 is 13.7 Å². The standard InChI is InChI=1S/C81H52N6/c1-5-23-53(24-6-1)56-45-48-74-69(50-56)78-64(37-22-42-75(78)85(74)61-31-11-4-12-32-61)57-29-21-30-58(49-57)79-82-80(59-43-46-62(54-25-7-2-8-26-54)76(51-59)86-70-38-17-13-33-65(70)66-34-14-18-39-71(66)86)84-81(83-79)60-44-47-63(55-27-9-3-10-28-55)77(52-60)87-72-40-19-15-35-67(72)68-36-16-20-41-73(68)87/h1-52H. The zero-order valence-electron chi connectivity index (χ0n) is 47.2. The van der Waals surface area contributed by atoms with E-state index in [0.29, 0.717) is 17.5 Å². The summed E-state index contributed by atoms with van der Waals surface area (Å²) in [6, 6.07) is 113. The highest BCUT2D eigenvalue weighted by molar-refractivity contribution is 6.17. The Labute approximate surface area is 502 Å². The molecule has 0 saturated heterocycles. The maximum Gasteiger partial charge on any atom is 0.164 e. The number of rotatable bonds is 10. The van der Waals surface area contributed by atoms with Crippen molar-refractivity contribution in [3.8, 4) is 95.7 Å². The van der Waals surface area contributed by atoms with Gasteiger partial charge in [-0.25, -0.2) is 15.0 Å². The predicted molar refractivity (Wildman–Crippen MR) is 361 cm³/mol. The molecule has 0 aliphatic heterocycles. The molecule has 6 nitrogen and oxygen atoms in total. The van der Waals surface area contributed by atoms with Crippen molar-refractivity contribution in [1.29, 1.82) is 0 Å². The van der Waals surface area contributed by atoms with Crippen LogP contribution in [0, 0.1) is 0 Å². The van der Waals surface area contributed by atoms with Gasteiger partial charge in [0.05, 0.1) is 44.5 Å². The summed E-state index contributed by atoms with van der Waals surface area (Å²) in [7, 11) is 0. The van der Waals surface area contributed by atoms with Gasteiger partial charge >= 0.3 is 0 Å². The second kappa shape index (κ2) is 20.6. The fraction of sp³-hybridized carbons (Fsp3) is 0. The molecule has 6 heteroatoms. The molecule has 17 rings (SSSR count). The third-order valence-corrected chi connectivity index (χ3v) is 17.3. The largest absolute Gasteiger partial charge is 0.309 e. The fourth-order valence-electron chi connectivity index (χ4n) is 13.4. The third-order valence-electron chi connectivity index (χ3n) is 17.3. The third kappa shape index (κ3) is 8.37. The lowest BCUT2D eigenvalue weighted by Crippen LogP contribution is -2.03. The Balaban J connectivity index is 0.908. The van der Waals surface area contributed by atoms with Gasteiger partial charge in [0.2, 0.25) is 0 Å². The number of hydrogen-bond acceptors (Lipinski definition) is 3. The van der Waals surface area contributed by atoms with Gasteiger partial charge in [0.15, 0.2) is 17.5 Å². The lowest BCUT2D eigenvalue weighted by Gasteiger charge is -2.17. The van der Waals surface area contributed by atoms with E-state index in [1.54, 1.807) is 0 Å². The zero-order chi connectivity index (χ0) is 57.4. The van der Waals surface area contributed by atoms with Crippen molar-refractivity contribution in [3.63, 3.8) is 0 Å². The van der Waals surface area contributed by atoms with E-state index < -0.39 is 0 Å². The van der Waals surface area contributed by atoms with E-state index in [9.17, 15) is 0 Å². The summed E-state index contributed by atoms with van der Waals surface area (Å²) in [6.45, 7) is 0. The zero-order valence-corrected chi connectivity index (χ0v) is 47.2. The van der Waals surface area contributed by atoms with Gasteiger partial charge in [-0.3, -0.25) is 0 Å². The number of aromatic nitrogens is 6. The van der Waals surface area contributed by atoms with Gasteiger partial charge in [0.25, 0.3) is 0 Å². The molecule has 87 heavy (non-hydrogen) atoms. The Morgan fingerprint density at radius 1 is 0.195 bits per heavy atom. The second-order valence-corrected chi connectivity index (χ2v) is 22.3. The highest BCUT2D eigenvalue weighted by atomic mass is 15.0. The summed E-state index contributed by atoms with van der Waals surface area (Å²) in [5.74, 6) is 1.70. The van der Waals surface area contributed by atoms with Crippen molar-refractivity contribution in [2.75, 3.05) is 0 Å². The highest BCUT2D eigenvalue weighted by Crippen LogP contribution is 2.44. The molecule has 0 radical (unpaired) electrons. The average molecular weight is 1110 g/mol. The lowest BCUT2D eigenvalue weighted by atomic mass is 9.96. The van der Waals surface area contributed by atoms with Gasteiger partial charge in [-0.05, 0) is 106 Å². The molecule has 0 spiro atoms. The molecule has 13 aromatic carbocycles. The Hall–Kier alpha value is -11.7. The molecule has 4 aromatic heterocycles. The summed E-state index contributed by atoms with van der Waals surface area (Å²) in [4.78, 5) is 16.7. The van der Waals surface area contributed by atoms with Crippen LogP contribution in [0.4, 0.5) is 0 Å². The molecule has 0 aliphatic rings. The molecule has 0 atom stereocenters. The van der Waals surface area contributed by atoms with E-state index in [4.69, 9.17) is 15.0 Å². The van der Waals surface area contributed by atoms with Crippen LogP contribution >= 0.6 is 0 Å². The molecular formula is C81H52N6. The monoisotopic (exact) mass is 1110 g/mol.